The van der Waals surface area contributed by atoms with Gasteiger partial charge in [-0.15, -0.1) is 24.8 Å². The number of aromatic nitrogens is 1. The van der Waals surface area contributed by atoms with E-state index >= 15 is 0 Å². The molecule has 0 saturated carbocycles. The largest absolute Gasteiger partial charge is 0.396 e. The Morgan fingerprint density at radius 1 is 1.31 bits per heavy atom. The molecule has 0 amide bonds. The molecule has 3 N–H and O–H groups in total. The molecule has 5 heteroatoms. The quantitative estimate of drug-likeness (QED) is 0.815. The molecule has 1 rings (SSSR count). The van der Waals surface area contributed by atoms with E-state index in [2.05, 4.69) is 4.98 Å². The number of nitrogens with zero attached hydrogens (tertiary/aromatic N) is 1. The van der Waals surface area contributed by atoms with E-state index < -0.39 is 0 Å². The molecule has 0 aliphatic carbocycles. The molecule has 0 spiro atoms. The van der Waals surface area contributed by atoms with Gasteiger partial charge in [-0.3, -0.25) is 4.98 Å². The molecule has 13 heavy (non-hydrogen) atoms. The normalized spacial score (nSPS) is 10.9. The van der Waals surface area contributed by atoms with Gasteiger partial charge in [0.25, 0.3) is 0 Å². The van der Waals surface area contributed by atoms with Crippen molar-refractivity contribution in [2.24, 2.45) is 5.73 Å². The number of hydrogen-bond donors (Lipinski definition) is 2. The van der Waals surface area contributed by atoms with Gasteiger partial charge in [-0.1, -0.05) is 0 Å². The van der Waals surface area contributed by atoms with Crippen molar-refractivity contribution in [3.63, 3.8) is 0 Å². The molecule has 0 aliphatic heterocycles. The fourth-order valence-corrected chi connectivity index (χ4v) is 0.916. The highest BCUT2D eigenvalue weighted by molar-refractivity contribution is 5.85. The second-order valence-electron chi connectivity index (χ2n) is 2.40. The van der Waals surface area contributed by atoms with Gasteiger partial charge in [0.15, 0.2) is 0 Å². The summed E-state index contributed by atoms with van der Waals surface area (Å²) in [4.78, 5) is 3.87. The summed E-state index contributed by atoms with van der Waals surface area (Å²) in [5, 5.41) is 8.60. The van der Waals surface area contributed by atoms with Crippen molar-refractivity contribution in [3.05, 3.63) is 30.1 Å². The van der Waals surface area contributed by atoms with Crippen molar-refractivity contribution in [2.45, 2.75) is 12.5 Å². The number of pyridine rings is 1. The van der Waals surface area contributed by atoms with Gasteiger partial charge in [0, 0.05) is 25.0 Å². The van der Waals surface area contributed by atoms with E-state index in [-0.39, 0.29) is 37.5 Å². The fourth-order valence-electron chi connectivity index (χ4n) is 0.916. The third kappa shape index (κ3) is 5.05. The van der Waals surface area contributed by atoms with E-state index in [4.69, 9.17) is 10.8 Å². The van der Waals surface area contributed by atoms with Crippen molar-refractivity contribution < 1.29 is 5.11 Å². The van der Waals surface area contributed by atoms with Crippen molar-refractivity contribution >= 4 is 24.8 Å². The molecule has 0 aliphatic rings. The Hall–Kier alpha value is -0.350. The van der Waals surface area contributed by atoms with E-state index in [0.29, 0.717) is 6.42 Å². The highest BCUT2D eigenvalue weighted by Crippen LogP contribution is 2.10. The molecule has 1 atom stereocenters. The van der Waals surface area contributed by atoms with Gasteiger partial charge in [0.2, 0.25) is 0 Å². The molecule has 0 fully saturated rings. The number of halogens is 2. The zero-order valence-corrected chi connectivity index (χ0v) is 8.72. The van der Waals surface area contributed by atoms with Crippen LogP contribution in [0.5, 0.6) is 0 Å². The first-order valence-corrected chi connectivity index (χ1v) is 3.61. The summed E-state index contributed by atoms with van der Waals surface area (Å²) in [5.41, 5.74) is 6.74. The first kappa shape index (κ1) is 15.1. The number of nitrogens with two attached hydrogens (primary N) is 1. The predicted octanol–water partition coefficient (Wildman–Crippen LogP) is 1.31. The first-order chi connectivity index (χ1) is 5.34. The summed E-state index contributed by atoms with van der Waals surface area (Å²) in [6.07, 6.45) is 4.00. The van der Waals surface area contributed by atoms with Crippen LogP contribution in [-0.2, 0) is 0 Å². The van der Waals surface area contributed by atoms with Gasteiger partial charge in [0.05, 0.1) is 0 Å². The topological polar surface area (TPSA) is 59.1 Å². The lowest BCUT2D eigenvalue weighted by Crippen LogP contribution is -2.11. The Kier molecular flexibility index (Phi) is 9.61. The maximum Gasteiger partial charge on any atom is 0.0449 e. The monoisotopic (exact) mass is 224 g/mol. The van der Waals surface area contributed by atoms with Crippen molar-refractivity contribution in [3.8, 4) is 0 Å². The summed E-state index contributed by atoms with van der Waals surface area (Å²) in [6, 6.07) is 3.66. The summed E-state index contributed by atoms with van der Waals surface area (Å²) in [7, 11) is 0. The molecule has 1 heterocycles. The second kappa shape index (κ2) is 8.26. The number of rotatable bonds is 3. The fraction of sp³-hybridized carbons (Fsp3) is 0.375. The minimum Gasteiger partial charge on any atom is -0.396 e. The molecule has 0 radical (unpaired) electrons. The van der Waals surface area contributed by atoms with Crippen molar-refractivity contribution in [2.75, 3.05) is 6.61 Å². The Labute approximate surface area is 90.2 Å². The maximum absolute atomic E-state index is 8.60. The molecule has 1 aromatic heterocycles. The summed E-state index contributed by atoms with van der Waals surface area (Å²) in [6.45, 7) is 0.128. The van der Waals surface area contributed by atoms with Gasteiger partial charge >= 0.3 is 0 Å². The van der Waals surface area contributed by atoms with Crippen LogP contribution < -0.4 is 5.73 Å². The van der Waals surface area contributed by atoms with Crippen LogP contribution in [0.25, 0.3) is 0 Å². The van der Waals surface area contributed by atoms with Gasteiger partial charge < -0.3 is 10.8 Å². The van der Waals surface area contributed by atoms with E-state index in [9.17, 15) is 0 Å². The van der Waals surface area contributed by atoms with E-state index in [1.165, 1.54) is 0 Å². The lowest BCUT2D eigenvalue weighted by Gasteiger charge is -2.08. The minimum atomic E-state index is -0.0667. The molecular weight excluding hydrogens is 211 g/mol. The standard InChI is InChI=1S/C8H12N2O.2ClH/c9-8(3-6-11)7-1-4-10-5-2-7;;/h1-2,4-5,8,11H,3,6,9H2;2*1H. The Morgan fingerprint density at radius 2 is 1.85 bits per heavy atom. The molecule has 0 bridgehead atoms. The zero-order chi connectivity index (χ0) is 8.10. The van der Waals surface area contributed by atoms with Crippen LogP contribution in [0.4, 0.5) is 0 Å². The van der Waals surface area contributed by atoms with Gasteiger partial charge in [-0.25, -0.2) is 0 Å². The second-order valence-corrected chi connectivity index (χ2v) is 2.40. The Morgan fingerprint density at radius 3 is 2.31 bits per heavy atom. The number of aliphatic hydroxyl groups is 1. The molecular formula is C8H14Cl2N2O. The van der Waals surface area contributed by atoms with Gasteiger partial charge in [-0.2, -0.15) is 0 Å². The first-order valence-electron chi connectivity index (χ1n) is 3.61. The van der Waals surface area contributed by atoms with Crippen molar-refractivity contribution in [1.29, 1.82) is 0 Å². The smallest absolute Gasteiger partial charge is 0.0449 e. The molecule has 0 saturated heterocycles. The lowest BCUT2D eigenvalue weighted by atomic mass is 10.1. The summed E-state index contributed by atoms with van der Waals surface area (Å²) >= 11 is 0. The highest BCUT2D eigenvalue weighted by atomic mass is 35.5. The third-order valence-electron chi connectivity index (χ3n) is 1.57. The van der Waals surface area contributed by atoms with Crippen molar-refractivity contribution in [1.82, 2.24) is 4.98 Å². The van der Waals surface area contributed by atoms with E-state index in [1.54, 1.807) is 12.4 Å². The number of aliphatic hydroxyl groups excluding tert-OH is 1. The summed E-state index contributed by atoms with van der Waals surface area (Å²) in [5.74, 6) is 0. The molecule has 3 nitrogen and oxygen atoms in total. The van der Waals surface area contributed by atoms with Crippen LogP contribution in [-0.4, -0.2) is 16.7 Å². The SMILES string of the molecule is Cl.Cl.NC(CCO)c1ccncc1. The van der Waals surface area contributed by atoms with E-state index in [0.717, 1.165) is 5.56 Å². The van der Waals surface area contributed by atoms with Crippen LogP contribution in [0.3, 0.4) is 0 Å². The maximum atomic E-state index is 8.60. The molecule has 1 aromatic rings. The summed E-state index contributed by atoms with van der Waals surface area (Å²) < 4.78 is 0. The molecule has 1 unspecified atom stereocenters. The Balaban J connectivity index is 0. The van der Waals surface area contributed by atoms with Crippen LogP contribution in [0.15, 0.2) is 24.5 Å². The average molecular weight is 225 g/mol. The van der Waals surface area contributed by atoms with Crippen LogP contribution in [0.1, 0.15) is 18.0 Å². The lowest BCUT2D eigenvalue weighted by molar-refractivity contribution is 0.276. The zero-order valence-electron chi connectivity index (χ0n) is 7.09. The van der Waals surface area contributed by atoms with Crippen LogP contribution >= 0.6 is 24.8 Å². The number of hydrogen-bond acceptors (Lipinski definition) is 3. The van der Waals surface area contributed by atoms with E-state index in [1.807, 2.05) is 12.1 Å². The van der Waals surface area contributed by atoms with Crippen LogP contribution in [0, 0.1) is 0 Å². The van der Waals surface area contributed by atoms with Crippen LogP contribution in [0.2, 0.25) is 0 Å². The molecule has 0 aromatic carbocycles. The third-order valence-corrected chi connectivity index (χ3v) is 1.57. The average Bonchev–Trinajstić information content (AvgIpc) is 2.07. The molecule has 76 valence electrons. The predicted molar refractivity (Wildman–Crippen MR) is 57.4 cm³/mol. The van der Waals surface area contributed by atoms with Gasteiger partial charge in [-0.05, 0) is 24.1 Å². The Bertz CT molecular complexity index is 209. The highest BCUT2D eigenvalue weighted by Gasteiger charge is 2.02. The van der Waals surface area contributed by atoms with Gasteiger partial charge in [0.1, 0.15) is 0 Å². The minimum absolute atomic E-state index is 0.